The van der Waals surface area contributed by atoms with Gasteiger partial charge in [0.05, 0.1) is 28.6 Å². The SMILES string of the molecule is Cc1nn(C)cc1NC(=O)CCn1ncc(Br)c1C. The van der Waals surface area contributed by atoms with Crippen LogP contribution in [-0.2, 0) is 18.4 Å². The lowest BCUT2D eigenvalue weighted by molar-refractivity contribution is -0.116. The molecule has 0 bridgehead atoms. The monoisotopic (exact) mass is 325 g/mol. The van der Waals surface area contributed by atoms with Crippen molar-refractivity contribution in [2.75, 3.05) is 5.32 Å². The molecule has 0 fully saturated rings. The normalized spacial score (nSPS) is 10.7. The third kappa shape index (κ3) is 3.23. The summed E-state index contributed by atoms with van der Waals surface area (Å²) < 4.78 is 4.44. The number of carbonyl (C=O) groups excluding carboxylic acids is 1. The van der Waals surface area contributed by atoms with E-state index in [1.807, 2.05) is 20.9 Å². The maximum Gasteiger partial charge on any atom is 0.226 e. The molecule has 102 valence electrons. The minimum atomic E-state index is -0.0397. The zero-order valence-electron chi connectivity index (χ0n) is 11.1. The molecule has 0 atom stereocenters. The lowest BCUT2D eigenvalue weighted by Crippen LogP contribution is -2.15. The lowest BCUT2D eigenvalue weighted by Gasteiger charge is -2.05. The van der Waals surface area contributed by atoms with Crippen LogP contribution >= 0.6 is 15.9 Å². The van der Waals surface area contributed by atoms with Crippen LogP contribution in [-0.4, -0.2) is 25.5 Å². The standard InChI is InChI=1S/C12H16BrN5O/c1-8-11(7-17(3)16-8)15-12(19)4-5-18-9(2)10(13)6-14-18/h6-7H,4-5H2,1-3H3,(H,15,19). The fourth-order valence-corrected chi connectivity index (χ4v) is 2.09. The summed E-state index contributed by atoms with van der Waals surface area (Å²) in [5.41, 5.74) is 2.59. The molecule has 0 aliphatic rings. The van der Waals surface area contributed by atoms with E-state index < -0.39 is 0 Å². The molecule has 6 nitrogen and oxygen atoms in total. The van der Waals surface area contributed by atoms with E-state index in [0.29, 0.717) is 13.0 Å². The number of aromatic nitrogens is 4. The lowest BCUT2D eigenvalue weighted by atomic mass is 10.3. The molecule has 2 rings (SSSR count). The van der Waals surface area contributed by atoms with Gasteiger partial charge < -0.3 is 5.32 Å². The van der Waals surface area contributed by atoms with Crippen LogP contribution < -0.4 is 5.32 Å². The summed E-state index contributed by atoms with van der Waals surface area (Å²) in [5.74, 6) is -0.0397. The highest BCUT2D eigenvalue weighted by Gasteiger charge is 2.09. The average molecular weight is 326 g/mol. The van der Waals surface area contributed by atoms with Crippen LogP contribution in [0.15, 0.2) is 16.9 Å². The third-order valence-corrected chi connectivity index (χ3v) is 3.66. The molecule has 0 saturated heterocycles. The average Bonchev–Trinajstić information content (AvgIpc) is 2.82. The van der Waals surface area contributed by atoms with Gasteiger partial charge in [0.2, 0.25) is 5.91 Å². The molecule has 0 spiro atoms. The van der Waals surface area contributed by atoms with Gasteiger partial charge in [-0.1, -0.05) is 0 Å². The van der Waals surface area contributed by atoms with Crippen molar-refractivity contribution in [2.24, 2.45) is 7.05 Å². The van der Waals surface area contributed by atoms with Gasteiger partial charge in [0, 0.05) is 25.4 Å². The Morgan fingerprint density at radius 3 is 2.74 bits per heavy atom. The second kappa shape index (κ2) is 5.56. The molecule has 0 aliphatic carbocycles. The van der Waals surface area contributed by atoms with Gasteiger partial charge in [0.1, 0.15) is 0 Å². The largest absolute Gasteiger partial charge is 0.323 e. The molecule has 2 heterocycles. The summed E-state index contributed by atoms with van der Waals surface area (Å²) in [6.07, 6.45) is 3.91. The van der Waals surface area contributed by atoms with Gasteiger partial charge in [-0.3, -0.25) is 14.2 Å². The molecule has 0 unspecified atom stereocenters. The summed E-state index contributed by atoms with van der Waals surface area (Å²) in [6.45, 7) is 4.38. The minimum absolute atomic E-state index is 0.0397. The van der Waals surface area contributed by atoms with Gasteiger partial charge in [0.25, 0.3) is 0 Å². The van der Waals surface area contributed by atoms with Crippen LogP contribution in [0.25, 0.3) is 0 Å². The van der Waals surface area contributed by atoms with E-state index in [1.165, 1.54) is 0 Å². The number of aryl methyl sites for hydroxylation is 3. The second-order valence-corrected chi connectivity index (χ2v) is 5.26. The molecule has 0 saturated carbocycles. The van der Waals surface area contributed by atoms with Crippen LogP contribution in [0.5, 0.6) is 0 Å². The first-order valence-electron chi connectivity index (χ1n) is 5.95. The van der Waals surface area contributed by atoms with E-state index in [1.54, 1.807) is 21.8 Å². The number of halogens is 1. The molecule has 2 aromatic heterocycles. The first-order chi connectivity index (χ1) is 8.97. The molecule has 19 heavy (non-hydrogen) atoms. The molecule has 7 heteroatoms. The Bertz CT molecular complexity index is 601. The topological polar surface area (TPSA) is 64.7 Å². The van der Waals surface area contributed by atoms with Crippen molar-refractivity contribution in [2.45, 2.75) is 26.8 Å². The summed E-state index contributed by atoms with van der Waals surface area (Å²) in [7, 11) is 1.83. The predicted molar refractivity (Wildman–Crippen MR) is 75.9 cm³/mol. The van der Waals surface area contributed by atoms with Crippen molar-refractivity contribution in [1.29, 1.82) is 0 Å². The number of anilines is 1. The molecule has 2 aromatic rings. The van der Waals surface area contributed by atoms with Gasteiger partial charge in [-0.2, -0.15) is 10.2 Å². The molecule has 0 radical (unpaired) electrons. The number of nitrogens with zero attached hydrogens (tertiary/aromatic N) is 4. The highest BCUT2D eigenvalue weighted by Crippen LogP contribution is 2.15. The molecule has 0 aliphatic heterocycles. The number of carbonyl (C=O) groups is 1. The van der Waals surface area contributed by atoms with Gasteiger partial charge >= 0.3 is 0 Å². The molecular formula is C12H16BrN5O. The van der Waals surface area contributed by atoms with E-state index in [9.17, 15) is 4.79 Å². The summed E-state index contributed by atoms with van der Waals surface area (Å²) in [5, 5.41) is 11.2. The maximum absolute atomic E-state index is 11.9. The zero-order chi connectivity index (χ0) is 14.0. The molecule has 1 N–H and O–H groups in total. The van der Waals surface area contributed by atoms with Crippen LogP contribution in [0.2, 0.25) is 0 Å². The quantitative estimate of drug-likeness (QED) is 0.935. The fraction of sp³-hybridized carbons (Fsp3) is 0.417. The van der Waals surface area contributed by atoms with Gasteiger partial charge in [-0.05, 0) is 29.8 Å². The Balaban J connectivity index is 1.92. The summed E-state index contributed by atoms with van der Waals surface area (Å²) in [6, 6.07) is 0. The molecular weight excluding hydrogens is 310 g/mol. The van der Waals surface area contributed by atoms with Crippen molar-refractivity contribution < 1.29 is 4.79 Å². The molecule has 1 amide bonds. The Kier molecular flexibility index (Phi) is 4.04. The first-order valence-corrected chi connectivity index (χ1v) is 6.74. The maximum atomic E-state index is 11.9. The Morgan fingerprint density at radius 1 is 1.47 bits per heavy atom. The van der Waals surface area contributed by atoms with Gasteiger partial charge in [-0.25, -0.2) is 0 Å². The van der Waals surface area contributed by atoms with Crippen molar-refractivity contribution in [1.82, 2.24) is 19.6 Å². The van der Waals surface area contributed by atoms with Crippen molar-refractivity contribution in [3.8, 4) is 0 Å². The highest BCUT2D eigenvalue weighted by atomic mass is 79.9. The predicted octanol–water partition coefficient (Wildman–Crippen LogP) is 2.02. The van der Waals surface area contributed by atoms with Gasteiger partial charge in [0.15, 0.2) is 0 Å². The number of nitrogens with one attached hydrogen (secondary N) is 1. The number of rotatable bonds is 4. The summed E-state index contributed by atoms with van der Waals surface area (Å²) >= 11 is 3.39. The van der Waals surface area contributed by atoms with Crippen LogP contribution in [0.4, 0.5) is 5.69 Å². The van der Waals surface area contributed by atoms with Crippen LogP contribution in [0, 0.1) is 13.8 Å². The van der Waals surface area contributed by atoms with Crippen molar-refractivity contribution in [3.63, 3.8) is 0 Å². The Hall–Kier alpha value is -1.63. The third-order valence-electron chi connectivity index (χ3n) is 2.88. The van der Waals surface area contributed by atoms with Crippen LogP contribution in [0.3, 0.4) is 0 Å². The number of hydrogen-bond acceptors (Lipinski definition) is 3. The second-order valence-electron chi connectivity index (χ2n) is 4.40. The highest BCUT2D eigenvalue weighted by molar-refractivity contribution is 9.10. The minimum Gasteiger partial charge on any atom is -0.323 e. The van der Waals surface area contributed by atoms with Gasteiger partial charge in [-0.15, -0.1) is 0 Å². The number of amides is 1. The van der Waals surface area contributed by atoms with E-state index in [4.69, 9.17) is 0 Å². The van der Waals surface area contributed by atoms with Crippen LogP contribution in [0.1, 0.15) is 17.8 Å². The molecule has 0 aromatic carbocycles. The fourth-order valence-electron chi connectivity index (χ4n) is 1.79. The van der Waals surface area contributed by atoms with E-state index in [2.05, 4.69) is 31.4 Å². The Morgan fingerprint density at radius 2 is 2.21 bits per heavy atom. The van der Waals surface area contributed by atoms with E-state index in [-0.39, 0.29) is 5.91 Å². The summed E-state index contributed by atoms with van der Waals surface area (Å²) in [4.78, 5) is 11.9. The van der Waals surface area contributed by atoms with Crippen molar-refractivity contribution in [3.05, 3.63) is 28.3 Å². The van der Waals surface area contributed by atoms with E-state index in [0.717, 1.165) is 21.5 Å². The smallest absolute Gasteiger partial charge is 0.226 e. The first kappa shape index (κ1) is 13.8. The zero-order valence-corrected chi connectivity index (χ0v) is 12.7. The van der Waals surface area contributed by atoms with Crippen molar-refractivity contribution >= 4 is 27.5 Å². The number of hydrogen-bond donors (Lipinski definition) is 1. The van der Waals surface area contributed by atoms with E-state index >= 15 is 0 Å². The Labute approximate surface area is 119 Å².